The summed E-state index contributed by atoms with van der Waals surface area (Å²) in [5.41, 5.74) is 2.45. The van der Waals surface area contributed by atoms with Crippen LogP contribution in [0.3, 0.4) is 0 Å². The Morgan fingerprint density at radius 3 is 2.50 bits per heavy atom. The maximum absolute atomic E-state index is 12.4. The lowest BCUT2D eigenvalue weighted by Crippen LogP contribution is -2.32. The first-order valence-electron chi connectivity index (χ1n) is 9.32. The highest BCUT2D eigenvalue weighted by molar-refractivity contribution is 8.02. The fourth-order valence-electron chi connectivity index (χ4n) is 2.79. The summed E-state index contributed by atoms with van der Waals surface area (Å²) in [6, 6.07) is 17.2. The van der Waals surface area contributed by atoms with Gasteiger partial charge in [0.2, 0.25) is 0 Å². The summed E-state index contributed by atoms with van der Waals surface area (Å²) in [4.78, 5) is 24.5. The van der Waals surface area contributed by atoms with Crippen LogP contribution >= 0.6 is 11.8 Å². The molecule has 2 N–H and O–H groups in total. The molecular weight excluding hydrogens is 372 g/mol. The molecule has 0 saturated heterocycles. The average molecular weight is 397 g/mol. The van der Waals surface area contributed by atoms with E-state index in [1.807, 2.05) is 25.1 Å². The van der Waals surface area contributed by atoms with Gasteiger partial charge >= 0.3 is 0 Å². The van der Waals surface area contributed by atoms with Crippen LogP contribution in [0.4, 0.5) is 5.69 Å². The van der Waals surface area contributed by atoms with Crippen LogP contribution in [0.1, 0.15) is 29.3 Å². The van der Waals surface area contributed by atoms with Crippen LogP contribution in [0.2, 0.25) is 0 Å². The Bertz CT molecular complexity index is 835. The van der Waals surface area contributed by atoms with E-state index in [0.717, 1.165) is 18.6 Å². The van der Waals surface area contributed by atoms with Gasteiger partial charge in [-0.15, -0.1) is 11.8 Å². The van der Waals surface area contributed by atoms with Crippen LogP contribution in [0.5, 0.6) is 0 Å². The van der Waals surface area contributed by atoms with Crippen molar-refractivity contribution in [3.05, 3.63) is 76.9 Å². The molecule has 0 bridgehead atoms. The van der Waals surface area contributed by atoms with Crippen molar-refractivity contribution < 1.29 is 14.3 Å². The molecule has 1 aliphatic rings. The molecule has 6 heteroatoms. The second kappa shape index (κ2) is 9.99. The number of rotatable bonds is 7. The van der Waals surface area contributed by atoms with E-state index in [0.29, 0.717) is 23.6 Å². The topological polar surface area (TPSA) is 67.4 Å². The van der Waals surface area contributed by atoms with Gasteiger partial charge in [-0.05, 0) is 49.6 Å². The lowest BCUT2D eigenvalue weighted by molar-refractivity contribution is -0.116. The second-order valence-electron chi connectivity index (χ2n) is 6.63. The van der Waals surface area contributed by atoms with Crippen LogP contribution in [-0.4, -0.2) is 30.2 Å². The van der Waals surface area contributed by atoms with Crippen molar-refractivity contribution in [2.45, 2.75) is 25.8 Å². The van der Waals surface area contributed by atoms with Crippen molar-refractivity contribution in [3.63, 3.8) is 0 Å². The van der Waals surface area contributed by atoms with Crippen molar-refractivity contribution in [1.29, 1.82) is 0 Å². The van der Waals surface area contributed by atoms with Gasteiger partial charge in [-0.25, -0.2) is 0 Å². The predicted octanol–water partition coefficient (Wildman–Crippen LogP) is 3.98. The van der Waals surface area contributed by atoms with Crippen molar-refractivity contribution in [2.24, 2.45) is 0 Å². The number of nitrogens with one attached hydrogen (secondary N) is 2. The molecule has 3 rings (SSSR count). The Hall–Kier alpha value is -2.73. The molecule has 0 aromatic heterocycles. The number of hydrogen-bond donors (Lipinski definition) is 2. The van der Waals surface area contributed by atoms with E-state index in [9.17, 15) is 9.59 Å². The molecule has 2 aromatic rings. The molecule has 28 heavy (non-hydrogen) atoms. The SMILES string of the molecule is C[C@@H](CCc1ccccc1)NC(=O)c1ccc(NC(=O)C2=CSCCO2)cc1. The van der Waals surface area contributed by atoms with Crippen LogP contribution < -0.4 is 10.6 Å². The summed E-state index contributed by atoms with van der Waals surface area (Å²) in [6.07, 6.45) is 1.79. The van der Waals surface area contributed by atoms with E-state index in [-0.39, 0.29) is 17.9 Å². The van der Waals surface area contributed by atoms with E-state index in [1.165, 1.54) is 5.56 Å². The van der Waals surface area contributed by atoms with Crippen LogP contribution in [-0.2, 0) is 16.0 Å². The highest BCUT2D eigenvalue weighted by atomic mass is 32.2. The minimum absolute atomic E-state index is 0.0694. The van der Waals surface area contributed by atoms with Gasteiger partial charge in [0.25, 0.3) is 11.8 Å². The Morgan fingerprint density at radius 2 is 1.82 bits per heavy atom. The predicted molar refractivity (Wildman–Crippen MR) is 113 cm³/mol. The number of benzene rings is 2. The Balaban J connectivity index is 1.49. The summed E-state index contributed by atoms with van der Waals surface area (Å²) >= 11 is 1.56. The van der Waals surface area contributed by atoms with Crippen LogP contribution in [0.15, 0.2) is 65.8 Å². The van der Waals surface area contributed by atoms with Gasteiger partial charge < -0.3 is 15.4 Å². The summed E-state index contributed by atoms with van der Waals surface area (Å²) in [6.45, 7) is 2.54. The van der Waals surface area contributed by atoms with Crippen molar-refractivity contribution in [1.82, 2.24) is 5.32 Å². The smallest absolute Gasteiger partial charge is 0.291 e. The molecule has 2 aromatic carbocycles. The largest absolute Gasteiger partial charge is 0.487 e. The minimum Gasteiger partial charge on any atom is -0.487 e. The maximum atomic E-state index is 12.4. The third-order valence-electron chi connectivity index (χ3n) is 4.36. The fourth-order valence-corrected chi connectivity index (χ4v) is 3.42. The molecular formula is C22H24N2O3S. The molecule has 1 aliphatic heterocycles. The number of aryl methyl sites for hydroxylation is 1. The van der Waals surface area contributed by atoms with Crippen molar-refractivity contribution in [3.8, 4) is 0 Å². The lowest BCUT2D eigenvalue weighted by atomic mass is 10.1. The molecule has 0 aliphatic carbocycles. The van der Waals surface area contributed by atoms with Crippen LogP contribution in [0, 0.1) is 0 Å². The molecule has 5 nitrogen and oxygen atoms in total. The van der Waals surface area contributed by atoms with E-state index in [2.05, 4.69) is 22.8 Å². The highest BCUT2D eigenvalue weighted by Gasteiger charge is 2.15. The van der Waals surface area contributed by atoms with Crippen molar-refractivity contribution in [2.75, 3.05) is 17.7 Å². The molecule has 0 radical (unpaired) electrons. The summed E-state index contributed by atoms with van der Waals surface area (Å²) < 4.78 is 5.34. The zero-order valence-corrected chi connectivity index (χ0v) is 16.6. The second-order valence-corrected chi connectivity index (χ2v) is 7.61. The molecule has 0 unspecified atom stereocenters. The van der Waals surface area contributed by atoms with E-state index in [4.69, 9.17) is 4.74 Å². The molecule has 0 saturated carbocycles. The van der Waals surface area contributed by atoms with Gasteiger partial charge in [-0.3, -0.25) is 9.59 Å². The third kappa shape index (κ3) is 5.89. The van der Waals surface area contributed by atoms with E-state index in [1.54, 1.807) is 41.4 Å². The zero-order valence-electron chi connectivity index (χ0n) is 15.8. The Kier molecular flexibility index (Phi) is 7.14. The van der Waals surface area contributed by atoms with Gasteiger partial charge in [0.05, 0.1) is 6.61 Å². The zero-order chi connectivity index (χ0) is 19.8. The molecule has 2 amide bonds. The number of amides is 2. The van der Waals surface area contributed by atoms with Gasteiger partial charge in [0.15, 0.2) is 5.76 Å². The first-order valence-corrected chi connectivity index (χ1v) is 10.4. The monoisotopic (exact) mass is 396 g/mol. The van der Waals surface area contributed by atoms with E-state index < -0.39 is 0 Å². The van der Waals surface area contributed by atoms with Gasteiger partial charge in [-0.1, -0.05) is 30.3 Å². The Morgan fingerprint density at radius 1 is 1.07 bits per heavy atom. The summed E-state index contributed by atoms with van der Waals surface area (Å²) in [7, 11) is 0. The molecule has 1 heterocycles. The van der Waals surface area contributed by atoms with Gasteiger partial charge in [0.1, 0.15) is 0 Å². The number of anilines is 1. The molecule has 146 valence electrons. The first kappa shape index (κ1) is 20.0. The average Bonchev–Trinajstić information content (AvgIpc) is 2.74. The fraction of sp³-hybridized carbons (Fsp3) is 0.273. The normalized spacial score (nSPS) is 14.4. The standard InChI is InChI=1S/C22H24N2O3S/c1-16(7-8-17-5-3-2-4-6-17)23-21(25)18-9-11-19(12-10-18)24-22(26)20-15-28-14-13-27-20/h2-6,9-12,15-16H,7-8,13-14H2,1H3,(H,23,25)(H,24,26)/t16-/m0/s1. The minimum atomic E-state index is -0.279. The third-order valence-corrected chi connectivity index (χ3v) is 5.15. The summed E-state index contributed by atoms with van der Waals surface area (Å²) in [5.74, 6) is 0.780. The number of carbonyl (C=O) groups excluding carboxylic acids is 2. The van der Waals surface area contributed by atoms with Crippen molar-refractivity contribution >= 4 is 29.3 Å². The lowest BCUT2D eigenvalue weighted by Gasteiger charge is -2.15. The molecule has 0 fully saturated rings. The number of hydrogen-bond acceptors (Lipinski definition) is 4. The van der Waals surface area contributed by atoms with E-state index >= 15 is 0 Å². The van der Waals surface area contributed by atoms with Crippen LogP contribution in [0.25, 0.3) is 0 Å². The van der Waals surface area contributed by atoms with Gasteiger partial charge in [-0.2, -0.15) is 0 Å². The maximum Gasteiger partial charge on any atom is 0.291 e. The Labute approximate surface area is 169 Å². The first-order chi connectivity index (χ1) is 13.6. The highest BCUT2D eigenvalue weighted by Crippen LogP contribution is 2.17. The number of ether oxygens (including phenoxy) is 1. The number of thioether (sulfide) groups is 1. The summed E-state index contributed by atoms with van der Waals surface area (Å²) in [5, 5.41) is 7.52. The molecule has 1 atom stereocenters. The van der Waals surface area contributed by atoms with Gasteiger partial charge in [0, 0.05) is 28.5 Å². The molecule has 0 spiro atoms. The quantitative estimate of drug-likeness (QED) is 0.743. The number of carbonyl (C=O) groups is 2.